The molecule has 2 rings (SSSR count). The van der Waals surface area contributed by atoms with Gasteiger partial charge >= 0.3 is 0 Å². The normalized spacial score (nSPS) is 10.2. The first-order chi connectivity index (χ1) is 8.59. The molecule has 1 aromatic heterocycles. The number of amides is 1. The van der Waals surface area contributed by atoms with Gasteiger partial charge in [0.25, 0.3) is 5.91 Å². The van der Waals surface area contributed by atoms with Crippen LogP contribution in [0, 0.1) is 6.92 Å². The Kier molecular flexibility index (Phi) is 3.99. The van der Waals surface area contributed by atoms with Gasteiger partial charge in [-0.1, -0.05) is 23.7 Å². The van der Waals surface area contributed by atoms with Gasteiger partial charge in [-0.15, -0.1) is 0 Å². The first kappa shape index (κ1) is 13.1. The van der Waals surface area contributed by atoms with Gasteiger partial charge in [0.15, 0.2) is 0 Å². The van der Waals surface area contributed by atoms with Crippen molar-refractivity contribution < 1.29 is 4.79 Å². The number of rotatable bonds is 2. The molecule has 0 saturated heterocycles. The monoisotopic (exact) mass is 324 g/mol. The summed E-state index contributed by atoms with van der Waals surface area (Å²) >= 11 is 9.30. The van der Waals surface area contributed by atoms with E-state index in [0.29, 0.717) is 20.9 Å². The van der Waals surface area contributed by atoms with E-state index >= 15 is 0 Å². The van der Waals surface area contributed by atoms with Crippen molar-refractivity contribution in [2.75, 3.05) is 5.32 Å². The third-order valence-electron chi connectivity index (χ3n) is 2.46. The van der Waals surface area contributed by atoms with Gasteiger partial charge in [-0.3, -0.25) is 4.79 Å². The molecule has 0 saturated carbocycles. The predicted molar refractivity (Wildman–Crippen MR) is 76.1 cm³/mol. The van der Waals surface area contributed by atoms with E-state index in [1.165, 1.54) is 0 Å². The standard InChI is InChI=1S/C13H10BrClN2O/c1-8-4-2-6-10(15)11(8)17-13(18)9-5-3-7-16-12(9)14/h2-7H,1H3,(H,17,18). The lowest BCUT2D eigenvalue weighted by Gasteiger charge is -2.10. The van der Waals surface area contributed by atoms with Crippen molar-refractivity contribution in [3.8, 4) is 0 Å². The maximum Gasteiger partial charge on any atom is 0.258 e. The number of hydrogen-bond acceptors (Lipinski definition) is 2. The second kappa shape index (κ2) is 5.50. The summed E-state index contributed by atoms with van der Waals surface area (Å²) in [5, 5.41) is 3.31. The Labute approximate surface area is 118 Å². The Hall–Kier alpha value is -1.39. The van der Waals surface area contributed by atoms with Crippen LogP contribution in [0.2, 0.25) is 5.02 Å². The van der Waals surface area contributed by atoms with Crippen molar-refractivity contribution >= 4 is 39.1 Å². The summed E-state index contributed by atoms with van der Waals surface area (Å²) in [6, 6.07) is 8.87. The largest absolute Gasteiger partial charge is 0.320 e. The smallest absolute Gasteiger partial charge is 0.258 e. The fourth-order valence-corrected chi connectivity index (χ4v) is 2.23. The molecule has 18 heavy (non-hydrogen) atoms. The van der Waals surface area contributed by atoms with E-state index in [1.54, 1.807) is 24.4 Å². The molecule has 0 aliphatic carbocycles. The van der Waals surface area contributed by atoms with Crippen LogP contribution < -0.4 is 5.32 Å². The molecule has 0 fully saturated rings. The van der Waals surface area contributed by atoms with Gasteiger partial charge < -0.3 is 5.32 Å². The highest BCUT2D eigenvalue weighted by Crippen LogP contribution is 2.26. The molecule has 0 bridgehead atoms. The molecule has 92 valence electrons. The molecule has 5 heteroatoms. The molecule has 0 aliphatic rings. The van der Waals surface area contributed by atoms with E-state index in [-0.39, 0.29) is 5.91 Å². The highest BCUT2D eigenvalue weighted by atomic mass is 79.9. The fourth-order valence-electron chi connectivity index (χ4n) is 1.53. The zero-order valence-corrected chi connectivity index (χ0v) is 11.9. The number of aromatic nitrogens is 1. The molecule has 1 heterocycles. The SMILES string of the molecule is Cc1cccc(Cl)c1NC(=O)c1cccnc1Br. The van der Waals surface area contributed by atoms with E-state index in [9.17, 15) is 4.79 Å². The van der Waals surface area contributed by atoms with E-state index in [1.807, 2.05) is 19.1 Å². The highest BCUT2D eigenvalue weighted by molar-refractivity contribution is 9.10. The van der Waals surface area contributed by atoms with Crippen LogP contribution in [0.15, 0.2) is 41.1 Å². The third-order valence-corrected chi connectivity index (χ3v) is 3.41. The maximum absolute atomic E-state index is 12.1. The Morgan fingerprint density at radius 1 is 1.33 bits per heavy atom. The molecule has 1 aromatic carbocycles. The Morgan fingerprint density at radius 3 is 2.78 bits per heavy atom. The number of pyridine rings is 1. The number of aryl methyl sites for hydroxylation is 1. The van der Waals surface area contributed by atoms with E-state index in [0.717, 1.165) is 5.56 Å². The molecule has 0 aliphatic heterocycles. The first-order valence-electron chi connectivity index (χ1n) is 5.26. The van der Waals surface area contributed by atoms with Crippen molar-refractivity contribution in [3.05, 3.63) is 57.3 Å². The number of carbonyl (C=O) groups is 1. The van der Waals surface area contributed by atoms with Crippen LogP contribution >= 0.6 is 27.5 Å². The van der Waals surface area contributed by atoms with Gasteiger partial charge in [0.05, 0.1) is 16.3 Å². The minimum absolute atomic E-state index is 0.244. The average molecular weight is 326 g/mol. The highest BCUT2D eigenvalue weighted by Gasteiger charge is 2.13. The molecule has 0 radical (unpaired) electrons. The summed E-state index contributed by atoms with van der Waals surface area (Å²) in [6.45, 7) is 1.89. The van der Waals surface area contributed by atoms with Crippen LogP contribution in [-0.2, 0) is 0 Å². The molecular weight excluding hydrogens is 316 g/mol. The van der Waals surface area contributed by atoms with Crippen molar-refractivity contribution in [2.24, 2.45) is 0 Å². The summed E-state index contributed by atoms with van der Waals surface area (Å²) in [7, 11) is 0. The predicted octanol–water partition coefficient (Wildman–Crippen LogP) is 4.06. The van der Waals surface area contributed by atoms with E-state index < -0.39 is 0 Å². The molecule has 2 aromatic rings. The number of nitrogens with zero attached hydrogens (tertiary/aromatic N) is 1. The number of benzene rings is 1. The summed E-state index contributed by atoms with van der Waals surface area (Å²) in [5.74, 6) is -0.244. The van der Waals surface area contributed by atoms with Crippen molar-refractivity contribution in [1.29, 1.82) is 0 Å². The Morgan fingerprint density at radius 2 is 2.11 bits per heavy atom. The molecule has 1 N–H and O–H groups in total. The molecular formula is C13H10BrClN2O. The number of nitrogens with one attached hydrogen (secondary N) is 1. The molecule has 0 spiro atoms. The minimum Gasteiger partial charge on any atom is -0.320 e. The van der Waals surface area contributed by atoms with Crippen LogP contribution in [0.1, 0.15) is 15.9 Å². The van der Waals surface area contributed by atoms with Crippen LogP contribution in [-0.4, -0.2) is 10.9 Å². The lowest BCUT2D eigenvalue weighted by molar-refractivity contribution is 0.102. The Balaban J connectivity index is 2.30. The summed E-state index contributed by atoms with van der Waals surface area (Å²) in [6.07, 6.45) is 1.61. The van der Waals surface area contributed by atoms with Gasteiger partial charge in [-0.2, -0.15) is 0 Å². The van der Waals surface area contributed by atoms with Crippen LogP contribution in [0.3, 0.4) is 0 Å². The van der Waals surface area contributed by atoms with E-state index in [4.69, 9.17) is 11.6 Å². The molecule has 3 nitrogen and oxygen atoms in total. The summed E-state index contributed by atoms with van der Waals surface area (Å²) in [4.78, 5) is 16.1. The lowest BCUT2D eigenvalue weighted by Crippen LogP contribution is -2.14. The maximum atomic E-state index is 12.1. The van der Waals surface area contributed by atoms with Gasteiger partial charge in [0, 0.05) is 6.20 Å². The Bertz CT molecular complexity index is 581. The second-order valence-corrected chi connectivity index (χ2v) is 4.89. The number of halogens is 2. The lowest BCUT2D eigenvalue weighted by atomic mass is 10.2. The van der Waals surface area contributed by atoms with Crippen LogP contribution in [0.25, 0.3) is 0 Å². The topological polar surface area (TPSA) is 42.0 Å². The van der Waals surface area contributed by atoms with Crippen molar-refractivity contribution in [2.45, 2.75) is 6.92 Å². The molecule has 1 amide bonds. The molecule has 0 atom stereocenters. The first-order valence-corrected chi connectivity index (χ1v) is 6.43. The zero-order chi connectivity index (χ0) is 13.1. The number of hydrogen-bond donors (Lipinski definition) is 1. The minimum atomic E-state index is -0.244. The van der Waals surface area contributed by atoms with Gasteiger partial charge in [-0.25, -0.2) is 4.98 Å². The van der Waals surface area contributed by atoms with Gasteiger partial charge in [0.2, 0.25) is 0 Å². The van der Waals surface area contributed by atoms with Gasteiger partial charge in [0.1, 0.15) is 4.60 Å². The fraction of sp³-hybridized carbons (Fsp3) is 0.0769. The molecule has 0 unspecified atom stereocenters. The van der Waals surface area contributed by atoms with Crippen molar-refractivity contribution in [1.82, 2.24) is 4.98 Å². The summed E-state index contributed by atoms with van der Waals surface area (Å²) in [5.41, 5.74) is 2.01. The van der Waals surface area contributed by atoms with E-state index in [2.05, 4.69) is 26.2 Å². The van der Waals surface area contributed by atoms with Crippen LogP contribution in [0.4, 0.5) is 5.69 Å². The quantitative estimate of drug-likeness (QED) is 0.846. The van der Waals surface area contributed by atoms with Crippen molar-refractivity contribution in [3.63, 3.8) is 0 Å². The number of para-hydroxylation sites is 1. The summed E-state index contributed by atoms with van der Waals surface area (Å²) < 4.78 is 0.507. The second-order valence-electron chi connectivity index (χ2n) is 3.73. The van der Waals surface area contributed by atoms with Gasteiger partial charge in [-0.05, 0) is 46.6 Å². The van der Waals surface area contributed by atoms with Crippen LogP contribution in [0.5, 0.6) is 0 Å². The third kappa shape index (κ3) is 2.71. The number of anilines is 1. The average Bonchev–Trinajstić information content (AvgIpc) is 2.34. The zero-order valence-electron chi connectivity index (χ0n) is 9.58. The number of carbonyl (C=O) groups excluding carboxylic acids is 1.